The molecule has 1 heterocycles. The quantitative estimate of drug-likeness (QED) is 0.797. The van der Waals surface area contributed by atoms with Crippen LogP contribution in [0.3, 0.4) is 0 Å². The number of piperazine rings is 1. The number of aryl methyl sites for hydroxylation is 2. The van der Waals surface area contributed by atoms with Crippen LogP contribution in [0.2, 0.25) is 0 Å². The lowest BCUT2D eigenvalue weighted by Gasteiger charge is -2.42. The van der Waals surface area contributed by atoms with E-state index in [1.807, 2.05) is 13.0 Å². The van der Waals surface area contributed by atoms with E-state index in [1.54, 1.807) is 0 Å². The molecule has 1 aromatic carbocycles. The topological polar surface area (TPSA) is 23.6 Å². The number of carbonyl (C=O) groups is 1. The van der Waals surface area contributed by atoms with Crippen LogP contribution in [0, 0.1) is 13.8 Å². The van der Waals surface area contributed by atoms with Gasteiger partial charge < -0.3 is 4.90 Å². The van der Waals surface area contributed by atoms with Crippen molar-refractivity contribution in [3.8, 4) is 0 Å². The minimum absolute atomic E-state index is 0.821. The first-order valence-corrected chi connectivity index (χ1v) is 8.74. The number of nitrogens with zero attached hydrogens (tertiary/aromatic N) is 2. The Balaban J connectivity index is 1.66. The van der Waals surface area contributed by atoms with E-state index < -0.39 is 0 Å². The molecule has 1 aromatic rings. The molecular formula is C19H28N2O. The van der Waals surface area contributed by atoms with Gasteiger partial charge in [0, 0.05) is 43.5 Å². The number of rotatable bonds is 3. The van der Waals surface area contributed by atoms with Gasteiger partial charge in [-0.25, -0.2) is 0 Å². The van der Waals surface area contributed by atoms with Crippen molar-refractivity contribution >= 4 is 12.0 Å². The maximum atomic E-state index is 11.1. The molecule has 1 aliphatic carbocycles. The molecule has 0 aromatic heterocycles. The first-order valence-electron chi connectivity index (χ1n) is 8.74. The fraction of sp³-hybridized carbons (Fsp3) is 0.632. The van der Waals surface area contributed by atoms with Gasteiger partial charge in [0.2, 0.25) is 0 Å². The van der Waals surface area contributed by atoms with Gasteiger partial charge in [-0.05, 0) is 49.9 Å². The Morgan fingerprint density at radius 1 is 0.955 bits per heavy atom. The zero-order valence-electron chi connectivity index (χ0n) is 14.0. The maximum absolute atomic E-state index is 11.1. The van der Waals surface area contributed by atoms with Crippen LogP contribution >= 0.6 is 0 Å². The molecule has 120 valence electrons. The Labute approximate surface area is 134 Å². The van der Waals surface area contributed by atoms with Crippen molar-refractivity contribution in [1.82, 2.24) is 4.90 Å². The molecule has 0 unspecified atom stereocenters. The SMILES string of the molecule is Cc1cc(N2CCN(C3CCCCC3)CC2)c(C)cc1C=O. The van der Waals surface area contributed by atoms with E-state index in [9.17, 15) is 4.79 Å². The van der Waals surface area contributed by atoms with Crippen LogP contribution in [-0.2, 0) is 0 Å². The Bertz CT molecular complexity index is 526. The third kappa shape index (κ3) is 3.19. The Morgan fingerprint density at radius 2 is 1.64 bits per heavy atom. The molecule has 2 fully saturated rings. The first-order chi connectivity index (χ1) is 10.7. The second kappa shape index (κ2) is 6.82. The molecule has 3 rings (SSSR count). The fourth-order valence-corrected chi connectivity index (χ4v) is 4.07. The molecule has 2 aliphatic rings. The molecule has 0 bridgehead atoms. The van der Waals surface area contributed by atoms with Crippen molar-refractivity contribution in [2.75, 3.05) is 31.1 Å². The van der Waals surface area contributed by atoms with E-state index in [1.165, 1.54) is 56.4 Å². The predicted octanol–water partition coefficient (Wildman–Crippen LogP) is 3.57. The number of benzene rings is 1. The predicted molar refractivity (Wildman–Crippen MR) is 92.0 cm³/mol. The molecule has 22 heavy (non-hydrogen) atoms. The van der Waals surface area contributed by atoms with Gasteiger partial charge in [-0.3, -0.25) is 9.69 Å². The van der Waals surface area contributed by atoms with Crippen LogP contribution in [0.25, 0.3) is 0 Å². The Morgan fingerprint density at radius 3 is 2.27 bits per heavy atom. The van der Waals surface area contributed by atoms with Crippen molar-refractivity contribution < 1.29 is 4.79 Å². The Kier molecular flexibility index (Phi) is 4.82. The highest BCUT2D eigenvalue weighted by Crippen LogP contribution is 2.27. The number of hydrogen-bond donors (Lipinski definition) is 0. The second-order valence-corrected chi connectivity index (χ2v) is 6.93. The molecule has 3 nitrogen and oxygen atoms in total. The van der Waals surface area contributed by atoms with Crippen molar-refractivity contribution in [1.29, 1.82) is 0 Å². The lowest BCUT2D eigenvalue weighted by atomic mass is 9.93. The van der Waals surface area contributed by atoms with Crippen LogP contribution in [0.4, 0.5) is 5.69 Å². The van der Waals surface area contributed by atoms with Crippen LogP contribution in [-0.4, -0.2) is 43.4 Å². The van der Waals surface area contributed by atoms with E-state index in [0.29, 0.717) is 0 Å². The van der Waals surface area contributed by atoms with Crippen LogP contribution in [0.15, 0.2) is 12.1 Å². The van der Waals surface area contributed by atoms with Crippen LogP contribution < -0.4 is 4.90 Å². The van der Waals surface area contributed by atoms with Crippen molar-refractivity contribution in [3.63, 3.8) is 0 Å². The number of hydrogen-bond acceptors (Lipinski definition) is 3. The van der Waals surface area contributed by atoms with Crippen molar-refractivity contribution in [2.45, 2.75) is 52.0 Å². The summed E-state index contributed by atoms with van der Waals surface area (Å²) in [6.07, 6.45) is 8.01. The minimum atomic E-state index is 0.821. The number of anilines is 1. The van der Waals surface area contributed by atoms with E-state index >= 15 is 0 Å². The summed E-state index contributed by atoms with van der Waals surface area (Å²) in [6.45, 7) is 8.73. The van der Waals surface area contributed by atoms with E-state index in [4.69, 9.17) is 0 Å². The van der Waals surface area contributed by atoms with Gasteiger partial charge in [-0.1, -0.05) is 19.3 Å². The Hall–Kier alpha value is -1.35. The van der Waals surface area contributed by atoms with Gasteiger partial charge in [0.15, 0.2) is 0 Å². The summed E-state index contributed by atoms with van der Waals surface area (Å²) in [6, 6.07) is 5.05. The minimum Gasteiger partial charge on any atom is -0.369 e. The normalized spacial score (nSPS) is 21.1. The van der Waals surface area contributed by atoms with Gasteiger partial charge in [0.25, 0.3) is 0 Å². The van der Waals surface area contributed by atoms with Crippen LogP contribution in [0.1, 0.15) is 53.6 Å². The lowest BCUT2D eigenvalue weighted by molar-refractivity contribution is 0.112. The summed E-state index contributed by atoms with van der Waals surface area (Å²) >= 11 is 0. The third-order valence-corrected chi connectivity index (χ3v) is 5.46. The highest BCUT2D eigenvalue weighted by molar-refractivity contribution is 5.79. The molecule has 0 radical (unpaired) electrons. The molecule has 3 heteroatoms. The summed E-state index contributed by atoms with van der Waals surface area (Å²) in [5, 5.41) is 0. The molecule has 0 N–H and O–H groups in total. The lowest BCUT2D eigenvalue weighted by Crippen LogP contribution is -2.51. The average Bonchev–Trinajstić information content (AvgIpc) is 2.57. The van der Waals surface area contributed by atoms with Gasteiger partial charge in [-0.2, -0.15) is 0 Å². The summed E-state index contributed by atoms with van der Waals surface area (Å²) in [7, 11) is 0. The zero-order valence-corrected chi connectivity index (χ0v) is 14.0. The summed E-state index contributed by atoms with van der Waals surface area (Å²) in [5.41, 5.74) is 4.44. The monoisotopic (exact) mass is 300 g/mol. The van der Waals surface area contributed by atoms with Crippen LogP contribution in [0.5, 0.6) is 0 Å². The maximum Gasteiger partial charge on any atom is 0.150 e. The summed E-state index contributed by atoms with van der Waals surface area (Å²) < 4.78 is 0. The smallest absolute Gasteiger partial charge is 0.150 e. The van der Waals surface area contributed by atoms with Gasteiger partial charge in [0.05, 0.1) is 0 Å². The summed E-state index contributed by atoms with van der Waals surface area (Å²) in [4.78, 5) is 16.3. The molecule has 1 saturated carbocycles. The number of aldehydes is 1. The third-order valence-electron chi connectivity index (χ3n) is 5.46. The molecule has 0 atom stereocenters. The fourth-order valence-electron chi connectivity index (χ4n) is 4.07. The first kappa shape index (κ1) is 15.5. The van der Waals surface area contributed by atoms with Gasteiger partial charge in [0.1, 0.15) is 6.29 Å². The largest absolute Gasteiger partial charge is 0.369 e. The highest BCUT2D eigenvalue weighted by atomic mass is 16.1. The molecule has 1 aliphatic heterocycles. The molecule has 1 saturated heterocycles. The highest BCUT2D eigenvalue weighted by Gasteiger charge is 2.25. The standard InChI is InChI=1S/C19H28N2O/c1-15-13-19(16(2)12-17(15)14-22)21-10-8-20(9-11-21)18-6-4-3-5-7-18/h12-14,18H,3-11H2,1-2H3. The average molecular weight is 300 g/mol. The van der Waals surface area contributed by atoms with E-state index in [2.05, 4.69) is 22.8 Å². The molecule has 0 spiro atoms. The van der Waals surface area contributed by atoms with Gasteiger partial charge >= 0.3 is 0 Å². The molecular weight excluding hydrogens is 272 g/mol. The van der Waals surface area contributed by atoms with Gasteiger partial charge in [-0.15, -0.1) is 0 Å². The van der Waals surface area contributed by atoms with Crippen molar-refractivity contribution in [3.05, 3.63) is 28.8 Å². The summed E-state index contributed by atoms with van der Waals surface area (Å²) in [5.74, 6) is 0. The number of carbonyl (C=O) groups excluding carboxylic acids is 1. The van der Waals surface area contributed by atoms with E-state index in [-0.39, 0.29) is 0 Å². The van der Waals surface area contributed by atoms with Crippen molar-refractivity contribution in [2.24, 2.45) is 0 Å². The zero-order chi connectivity index (χ0) is 15.5. The van der Waals surface area contributed by atoms with E-state index in [0.717, 1.165) is 36.5 Å². The molecule has 0 amide bonds. The second-order valence-electron chi connectivity index (χ2n) is 6.93.